The van der Waals surface area contributed by atoms with Gasteiger partial charge in [-0.25, -0.2) is 4.39 Å². The highest BCUT2D eigenvalue weighted by Gasteiger charge is 2.04. The first kappa shape index (κ1) is 15.0. The summed E-state index contributed by atoms with van der Waals surface area (Å²) in [6.45, 7) is 4.34. The van der Waals surface area contributed by atoms with Gasteiger partial charge in [-0.3, -0.25) is 4.99 Å². The summed E-state index contributed by atoms with van der Waals surface area (Å²) in [5.74, 6) is 1.44. The number of hydrogen-bond donors (Lipinski definition) is 2. The van der Waals surface area contributed by atoms with Crippen LogP contribution in [0.4, 0.5) is 4.39 Å². The van der Waals surface area contributed by atoms with Crippen molar-refractivity contribution >= 4 is 5.96 Å². The molecule has 2 rings (SSSR count). The third-order valence-corrected chi connectivity index (χ3v) is 2.90. The first-order valence-corrected chi connectivity index (χ1v) is 6.57. The fraction of sp³-hybridized carbons (Fsp3) is 0.357. The van der Waals surface area contributed by atoms with Crippen molar-refractivity contribution in [3.63, 3.8) is 0 Å². The zero-order valence-corrected chi connectivity index (χ0v) is 12.3. The third-order valence-electron chi connectivity index (χ3n) is 2.90. The van der Waals surface area contributed by atoms with E-state index in [1.54, 1.807) is 27.0 Å². The minimum Gasteiger partial charge on any atom is -0.352 e. The van der Waals surface area contributed by atoms with Gasteiger partial charge in [0, 0.05) is 20.5 Å². The monoisotopic (exact) mass is 291 g/mol. The highest BCUT2D eigenvalue weighted by atomic mass is 19.1. The van der Waals surface area contributed by atoms with Crippen LogP contribution in [0.15, 0.2) is 27.7 Å². The van der Waals surface area contributed by atoms with Gasteiger partial charge in [-0.1, -0.05) is 17.3 Å². The van der Waals surface area contributed by atoms with E-state index in [-0.39, 0.29) is 5.82 Å². The van der Waals surface area contributed by atoms with Crippen LogP contribution in [-0.4, -0.2) is 23.1 Å². The molecule has 0 bridgehead atoms. The summed E-state index contributed by atoms with van der Waals surface area (Å²) in [5, 5.41) is 9.93. The van der Waals surface area contributed by atoms with E-state index >= 15 is 0 Å². The number of guanidine groups is 1. The Balaban J connectivity index is 1.86. The summed E-state index contributed by atoms with van der Waals surface area (Å²) >= 11 is 0. The smallest absolute Gasteiger partial charge is 0.223 e. The number of hydrogen-bond acceptors (Lipinski definition) is 4. The summed E-state index contributed by atoms with van der Waals surface area (Å²) in [7, 11) is 1.66. The molecule has 0 radical (unpaired) electrons. The van der Waals surface area contributed by atoms with Crippen LogP contribution in [0.2, 0.25) is 0 Å². The number of rotatable bonds is 4. The second-order valence-electron chi connectivity index (χ2n) is 4.59. The van der Waals surface area contributed by atoms with Crippen LogP contribution in [0.5, 0.6) is 0 Å². The molecule has 0 aliphatic carbocycles. The van der Waals surface area contributed by atoms with Gasteiger partial charge in [-0.05, 0) is 24.1 Å². The SMILES string of the molecule is CN=C(NCc1ccc(C)c(F)c1)NCc1noc(C)n1. The number of aryl methyl sites for hydroxylation is 2. The number of aromatic nitrogens is 2. The van der Waals surface area contributed by atoms with Crippen molar-refractivity contribution in [1.29, 1.82) is 0 Å². The topological polar surface area (TPSA) is 75.3 Å². The molecule has 1 aromatic heterocycles. The zero-order valence-electron chi connectivity index (χ0n) is 12.3. The molecule has 7 heteroatoms. The van der Waals surface area contributed by atoms with Crippen LogP contribution in [0, 0.1) is 19.7 Å². The van der Waals surface area contributed by atoms with Crippen molar-refractivity contribution in [2.75, 3.05) is 7.05 Å². The number of benzene rings is 1. The Morgan fingerprint density at radius 2 is 2.05 bits per heavy atom. The molecule has 0 aliphatic heterocycles. The molecular weight excluding hydrogens is 273 g/mol. The first-order valence-electron chi connectivity index (χ1n) is 6.57. The molecular formula is C14H18FN5O. The van der Waals surface area contributed by atoms with Crippen molar-refractivity contribution in [3.8, 4) is 0 Å². The molecule has 0 unspecified atom stereocenters. The van der Waals surface area contributed by atoms with Crippen LogP contribution < -0.4 is 10.6 Å². The minimum atomic E-state index is -0.209. The molecule has 0 aliphatic rings. The first-order chi connectivity index (χ1) is 10.1. The second-order valence-corrected chi connectivity index (χ2v) is 4.59. The summed E-state index contributed by atoms with van der Waals surface area (Å²) in [6, 6.07) is 5.14. The van der Waals surface area contributed by atoms with Gasteiger partial charge in [0.05, 0.1) is 6.54 Å². The lowest BCUT2D eigenvalue weighted by Gasteiger charge is -2.11. The molecule has 1 aromatic carbocycles. The molecule has 112 valence electrons. The average molecular weight is 291 g/mol. The lowest BCUT2D eigenvalue weighted by Crippen LogP contribution is -2.36. The van der Waals surface area contributed by atoms with Crippen LogP contribution in [0.25, 0.3) is 0 Å². The van der Waals surface area contributed by atoms with E-state index in [0.717, 1.165) is 5.56 Å². The molecule has 2 N–H and O–H groups in total. The van der Waals surface area contributed by atoms with Gasteiger partial charge in [0.2, 0.25) is 5.89 Å². The number of nitrogens with one attached hydrogen (secondary N) is 2. The molecule has 2 aromatic rings. The van der Waals surface area contributed by atoms with Gasteiger partial charge < -0.3 is 15.2 Å². The fourth-order valence-corrected chi connectivity index (χ4v) is 1.73. The molecule has 0 saturated carbocycles. The molecule has 0 atom stereocenters. The van der Waals surface area contributed by atoms with Gasteiger partial charge in [0.25, 0.3) is 0 Å². The van der Waals surface area contributed by atoms with Gasteiger partial charge >= 0.3 is 0 Å². The summed E-state index contributed by atoms with van der Waals surface area (Å²) in [5.41, 5.74) is 1.48. The lowest BCUT2D eigenvalue weighted by atomic mass is 10.1. The molecule has 21 heavy (non-hydrogen) atoms. The van der Waals surface area contributed by atoms with Crippen LogP contribution >= 0.6 is 0 Å². The Hall–Kier alpha value is -2.44. The van der Waals surface area contributed by atoms with Gasteiger partial charge in [-0.2, -0.15) is 4.98 Å². The molecule has 0 saturated heterocycles. The van der Waals surface area contributed by atoms with Crippen molar-refractivity contribution in [3.05, 3.63) is 46.9 Å². The van der Waals surface area contributed by atoms with Crippen molar-refractivity contribution < 1.29 is 8.91 Å². The Morgan fingerprint density at radius 3 is 2.67 bits per heavy atom. The summed E-state index contributed by atoms with van der Waals surface area (Å²) in [6.07, 6.45) is 0. The van der Waals surface area contributed by atoms with Gasteiger partial charge in [0.15, 0.2) is 11.8 Å². The van der Waals surface area contributed by atoms with Crippen molar-refractivity contribution in [1.82, 2.24) is 20.8 Å². The second kappa shape index (κ2) is 6.83. The maximum absolute atomic E-state index is 13.5. The summed E-state index contributed by atoms with van der Waals surface area (Å²) < 4.78 is 18.3. The van der Waals surface area contributed by atoms with Gasteiger partial charge in [0.1, 0.15) is 5.82 Å². The van der Waals surface area contributed by atoms with Crippen molar-refractivity contribution in [2.24, 2.45) is 4.99 Å². The predicted octanol–water partition coefficient (Wildman–Crippen LogP) is 1.69. The van der Waals surface area contributed by atoms with Crippen molar-refractivity contribution in [2.45, 2.75) is 26.9 Å². The standard InChI is InChI=1S/C14H18FN5O/c1-9-4-5-11(6-12(9)15)7-17-14(16-3)18-8-13-19-10(2)21-20-13/h4-6H,7-8H2,1-3H3,(H2,16,17,18). The van der Waals surface area contributed by atoms with Crippen LogP contribution in [-0.2, 0) is 13.1 Å². The number of nitrogens with zero attached hydrogens (tertiary/aromatic N) is 3. The fourth-order valence-electron chi connectivity index (χ4n) is 1.73. The summed E-state index contributed by atoms with van der Waals surface area (Å²) in [4.78, 5) is 8.16. The maximum atomic E-state index is 13.5. The quantitative estimate of drug-likeness (QED) is 0.662. The van der Waals surface area contributed by atoms with Gasteiger partial charge in [-0.15, -0.1) is 0 Å². The van der Waals surface area contributed by atoms with E-state index < -0.39 is 0 Å². The Labute approximate surface area is 122 Å². The highest BCUT2D eigenvalue weighted by Crippen LogP contribution is 2.08. The normalized spacial score (nSPS) is 11.5. The van der Waals surface area contributed by atoms with E-state index in [4.69, 9.17) is 4.52 Å². The van der Waals surface area contributed by atoms with E-state index in [0.29, 0.717) is 36.3 Å². The Bertz CT molecular complexity index is 638. The minimum absolute atomic E-state index is 0.209. The Morgan fingerprint density at radius 1 is 1.29 bits per heavy atom. The van der Waals surface area contributed by atoms with Crippen LogP contribution in [0.3, 0.4) is 0 Å². The number of halogens is 1. The van der Waals surface area contributed by atoms with E-state index in [9.17, 15) is 4.39 Å². The largest absolute Gasteiger partial charge is 0.352 e. The van der Waals surface area contributed by atoms with E-state index in [1.165, 1.54) is 6.07 Å². The molecule has 0 spiro atoms. The molecule has 6 nitrogen and oxygen atoms in total. The van der Waals surface area contributed by atoms with Crippen LogP contribution in [0.1, 0.15) is 22.8 Å². The number of aliphatic imine (C=N–C) groups is 1. The molecule has 1 heterocycles. The average Bonchev–Trinajstić information content (AvgIpc) is 2.88. The molecule has 0 fully saturated rings. The van der Waals surface area contributed by atoms with E-state index in [1.807, 2.05) is 6.07 Å². The highest BCUT2D eigenvalue weighted by molar-refractivity contribution is 5.79. The Kier molecular flexibility index (Phi) is 4.86. The van der Waals surface area contributed by atoms with E-state index in [2.05, 4.69) is 25.8 Å². The zero-order chi connectivity index (χ0) is 15.2. The molecule has 0 amide bonds. The predicted molar refractivity (Wildman–Crippen MR) is 77.2 cm³/mol. The third kappa shape index (κ3) is 4.27. The lowest BCUT2D eigenvalue weighted by molar-refractivity contribution is 0.387. The maximum Gasteiger partial charge on any atom is 0.223 e.